The van der Waals surface area contributed by atoms with Crippen LogP contribution in [0.2, 0.25) is 0 Å². The molecule has 108 valence electrons. The van der Waals surface area contributed by atoms with Crippen LogP contribution >= 0.6 is 0 Å². The molecule has 0 bridgehead atoms. The van der Waals surface area contributed by atoms with E-state index in [2.05, 4.69) is 5.32 Å². The Labute approximate surface area is 115 Å². The van der Waals surface area contributed by atoms with Gasteiger partial charge >= 0.3 is 5.97 Å². The fourth-order valence-electron chi connectivity index (χ4n) is 2.31. The maximum atomic E-state index is 12.9. The quantitative estimate of drug-likeness (QED) is 0.859. The summed E-state index contributed by atoms with van der Waals surface area (Å²) < 4.78 is 18.1. The maximum Gasteiger partial charge on any atom is 0.306 e. The van der Waals surface area contributed by atoms with Gasteiger partial charge in [-0.25, -0.2) is 4.39 Å². The maximum absolute atomic E-state index is 12.9. The van der Waals surface area contributed by atoms with Crippen LogP contribution in [-0.4, -0.2) is 29.6 Å². The van der Waals surface area contributed by atoms with E-state index in [1.165, 1.54) is 18.2 Å². The van der Waals surface area contributed by atoms with Crippen molar-refractivity contribution in [1.29, 1.82) is 0 Å². The monoisotopic (exact) mass is 281 g/mol. The van der Waals surface area contributed by atoms with Crippen molar-refractivity contribution in [2.24, 2.45) is 5.92 Å². The highest BCUT2D eigenvalue weighted by molar-refractivity contribution is 5.78. The molecule has 0 aromatic heterocycles. The first-order valence-electron chi connectivity index (χ1n) is 6.45. The molecule has 0 heterocycles. The van der Waals surface area contributed by atoms with Crippen LogP contribution < -0.4 is 10.1 Å². The summed E-state index contributed by atoms with van der Waals surface area (Å²) in [6.07, 6.45) is 1.68. The summed E-state index contributed by atoms with van der Waals surface area (Å²) >= 11 is 0. The summed E-state index contributed by atoms with van der Waals surface area (Å²) in [7, 11) is 0. The summed E-state index contributed by atoms with van der Waals surface area (Å²) in [5.41, 5.74) is 0. The van der Waals surface area contributed by atoms with Gasteiger partial charge in [0, 0.05) is 12.1 Å². The molecule has 5 nitrogen and oxygen atoms in total. The van der Waals surface area contributed by atoms with Crippen LogP contribution in [0.25, 0.3) is 0 Å². The van der Waals surface area contributed by atoms with Crippen LogP contribution in [0.1, 0.15) is 19.3 Å². The Kier molecular flexibility index (Phi) is 4.55. The van der Waals surface area contributed by atoms with Crippen molar-refractivity contribution in [3.8, 4) is 5.75 Å². The number of rotatable bonds is 5. The van der Waals surface area contributed by atoms with Gasteiger partial charge in [0.15, 0.2) is 6.61 Å². The second-order valence-corrected chi connectivity index (χ2v) is 4.86. The zero-order chi connectivity index (χ0) is 14.5. The minimum absolute atomic E-state index is 0.125. The predicted molar refractivity (Wildman–Crippen MR) is 68.8 cm³/mol. The largest absolute Gasteiger partial charge is 0.484 e. The summed E-state index contributed by atoms with van der Waals surface area (Å²) in [5, 5.41) is 11.6. The van der Waals surface area contributed by atoms with Crippen LogP contribution in [0.4, 0.5) is 4.39 Å². The number of hydrogen-bond donors (Lipinski definition) is 2. The number of carboxylic acid groups (broad SMARTS) is 1. The third-order valence-corrected chi connectivity index (χ3v) is 3.31. The number of aliphatic carboxylic acids is 1. The average molecular weight is 281 g/mol. The molecular weight excluding hydrogens is 265 g/mol. The van der Waals surface area contributed by atoms with Gasteiger partial charge in [-0.3, -0.25) is 9.59 Å². The topological polar surface area (TPSA) is 75.6 Å². The Balaban J connectivity index is 1.75. The normalized spacial score (nSPS) is 21.4. The first-order chi connectivity index (χ1) is 9.54. The fraction of sp³-hybridized carbons (Fsp3) is 0.429. The van der Waals surface area contributed by atoms with Crippen LogP contribution in [0, 0.1) is 11.7 Å². The average Bonchev–Trinajstić information content (AvgIpc) is 2.85. The molecule has 2 atom stereocenters. The van der Waals surface area contributed by atoms with E-state index in [-0.39, 0.29) is 30.2 Å². The molecule has 1 amide bonds. The molecule has 0 spiro atoms. The molecule has 2 rings (SSSR count). The highest BCUT2D eigenvalue weighted by atomic mass is 19.1. The van der Waals surface area contributed by atoms with Crippen LogP contribution in [0.5, 0.6) is 5.75 Å². The zero-order valence-electron chi connectivity index (χ0n) is 10.8. The number of carbonyl (C=O) groups excluding carboxylic acids is 1. The van der Waals surface area contributed by atoms with Crippen molar-refractivity contribution in [1.82, 2.24) is 5.32 Å². The van der Waals surface area contributed by atoms with Crippen molar-refractivity contribution >= 4 is 11.9 Å². The number of carboxylic acids is 1. The van der Waals surface area contributed by atoms with E-state index in [1.807, 2.05) is 0 Å². The van der Waals surface area contributed by atoms with Crippen LogP contribution in [0.3, 0.4) is 0 Å². The molecule has 0 radical (unpaired) electrons. The third kappa shape index (κ3) is 3.94. The van der Waals surface area contributed by atoms with Crippen molar-refractivity contribution < 1.29 is 23.8 Å². The van der Waals surface area contributed by atoms with Gasteiger partial charge in [-0.05, 0) is 31.4 Å². The van der Waals surface area contributed by atoms with Gasteiger partial charge < -0.3 is 15.2 Å². The molecule has 2 N–H and O–H groups in total. The SMILES string of the molecule is O=C(COc1cccc(F)c1)N[C@H]1CC[C@@H](C(=O)O)C1. The number of nitrogens with one attached hydrogen (secondary N) is 1. The Morgan fingerprint density at radius 2 is 2.20 bits per heavy atom. The lowest BCUT2D eigenvalue weighted by Crippen LogP contribution is -2.36. The molecule has 1 fully saturated rings. The number of ether oxygens (including phenoxy) is 1. The van der Waals surface area contributed by atoms with Gasteiger partial charge in [-0.2, -0.15) is 0 Å². The van der Waals surface area contributed by atoms with Gasteiger partial charge in [0.2, 0.25) is 0 Å². The molecule has 1 aliphatic carbocycles. The molecule has 0 unspecified atom stereocenters. The van der Waals surface area contributed by atoms with Crippen molar-refractivity contribution in [3.05, 3.63) is 30.1 Å². The number of benzene rings is 1. The van der Waals surface area contributed by atoms with Gasteiger partial charge in [-0.1, -0.05) is 6.07 Å². The van der Waals surface area contributed by atoms with Crippen molar-refractivity contribution in [2.75, 3.05) is 6.61 Å². The molecule has 1 saturated carbocycles. The standard InChI is InChI=1S/C14H16FNO4/c15-10-2-1-3-12(7-10)20-8-13(17)16-11-5-4-9(6-11)14(18)19/h1-3,7,9,11H,4-6,8H2,(H,16,17)(H,18,19)/t9-,11+/m1/s1. The van der Waals surface area contributed by atoms with E-state index in [9.17, 15) is 14.0 Å². The van der Waals surface area contributed by atoms with E-state index < -0.39 is 11.8 Å². The molecule has 0 saturated heterocycles. The van der Waals surface area contributed by atoms with Crippen molar-refractivity contribution in [3.63, 3.8) is 0 Å². The van der Waals surface area contributed by atoms with Gasteiger partial charge in [0.05, 0.1) is 5.92 Å². The lowest BCUT2D eigenvalue weighted by Gasteiger charge is -2.13. The number of hydrogen-bond acceptors (Lipinski definition) is 3. The molecule has 6 heteroatoms. The Hall–Kier alpha value is -2.11. The second-order valence-electron chi connectivity index (χ2n) is 4.86. The van der Waals surface area contributed by atoms with Gasteiger partial charge in [0.25, 0.3) is 5.91 Å². The molecule has 1 aliphatic rings. The highest BCUT2D eigenvalue weighted by Crippen LogP contribution is 2.25. The smallest absolute Gasteiger partial charge is 0.306 e. The van der Waals surface area contributed by atoms with E-state index in [0.717, 1.165) is 0 Å². The number of amides is 1. The fourth-order valence-corrected chi connectivity index (χ4v) is 2.31. The molecule has 0 aliphatic heterocycles. The molecule has 20 heavy (non-hydrogen) atoms. The van der Waals surface area contributed by atoms with E-state index >= 15 is 0 Å². The molecular formula is C14H16FNO4. The van der Waals surface area contributed by atoms with E-state index in [1.54, 1.807) is 6.07 Å². The van der Waals surface area contributed by atoms with Crippen LogP contribution in [0.15, 0.2) is 24.3 Å². The summed E-state index contributed by atoms with van der Waals surface area (Å²) in [6, 6.07) is 5.42. The van der Waals surface area contributed by atoms with E-state index in [0.29, 0.717) is 19.3 Å². The third-order valence-electron chi connectivity index (χ3n) is 3.31. The Morgan fingerprint density at radius 3 is 2.85 bits per heavy atom. The summed E-state index contributed by atoms with van der Waals surface area (Å²) in [4.78, 5) is 22.5. The zero-order valence-corrected chi connectivity index (χ0v) is 10.8. The van der Waals surface area contributed by atoms with Gasteiger partial charge in [0.1, 0.15) is 11.6 Å². The van der Waals surface area contributed by atoms with Crippen molar-refractivity contribution in [2.45, 2.75) is 25.3 Å². The highest BCUT2D eigenvalue weighted by Gasteiger charge is 2.30. The molecule has 1 aromatic rings. The van der Waals surface area contributed by atoms with E-state index in [4.69, 9.17) is 9.84 Å². The number of carbonyl (C=O) groups is 2. The lowest BCUT2D eigenvalue weighted by atomic mass is 10.1. The molecule has 1 aromatic carbocycles. The first-order valence-corrected chi connectivity index (χ1v) is 6.45. The summed E-state index contributed by atoms with van der Waals surface area (Å²) in [6.45, 7) is -0.211. The first kappa shape index (κ1) is 14.3. The predicted octanol–water partition coefficient (Wildman–Crippen LogP) is 1.57. The Bertz CT molecular complexity index is 506. The second kappa shape index (κ2) is 6.36. The Morgan fingerprint density at radius 1 is 1.40 bits per heavy atom. The minimum Gasteiger partial charge on any atom is -0.484 e. The number of halogens is 1. The van der Waals surface area contributed by atoms with Gasteiger partial charge in [-0.15, -0.1) is 0 Å². The van der Waals surface area contributed by atoms with Crippen LogP contribution in [-0.2, 0) is 9.59 Å². The minimum atomic E-state index is -0.822. The summed E-state index contributed by atoms with van der Waals surface area (Å²) in [5.74, 6) is -1.68. The lowest BCUT2D eigenvalue weighted by molar-refractivity contribution is -0.141.